The molecule has 0 spiro atoms. The van der Waals surface area contributed by atoms with Gasteiger partial charge in [-0.2, -0.15) is 0 Å². The van der Waals surface area contributed by atoms with Gasteiger partial charge in [0, 0.05) is 16.6 Å². The molecule has 1 aromatic heterocycles. The van der Waals surface area contributed by atoms with E-state index in [0.717, 1.165) is 22.0 Å². The van der Waals surface area contributed by atoms with E-state index in [1.165, 1.54) is 0 Å². The van der Waals surface area contributed by atoms with E-state index < -0.39 is 5.97 Å². The zero-order valence-electron chi connectivity index (χ0n) is 12.7. The first-order chi connectivity index (χ1) is 10.3. The second kappa shape index (κ2) is 6.54. The molecule has 0 bridgehead atoms. The number of rotatable bonds is 5. The summed E-state index contributed by atoms with van der Waals surface area (Å²) in [6.45, 7) is 6.01. The summed E-state index contributed by atoms with van der Waals surface area (Å²) in [7, 11) is 0. The minimum absolute atomic E-state index is 0.103. The van der Waals surface area contributed by atoms with Gasteiger partial charge in [0.1, 0.15) is 5.82 Å². The Morgan fingerprint density at radius 1 is 1.45 bits per heavy atom. The fourth-order valence-corrected chi connectivity index (χ4v) is 2.87. The minimum Gasteiger partial charge on any atom is -0.476 e. The van der Waals surface area contributed by atoms with E-state index in [1.54, 1.807) is 0 Å². The average molecular weight is 430 g/mol. The molecule has 0 aliphatic heterocycles. The Kier molecular flexibility index (Phi) is 5.12. The highest BCUT2D eigenvalue weighted by Gasteiger charge is 2.23. The highest BCUT2D eigenvalue weighted by atomic mass is 79.9. The first-order valence-corrected chi connectivity index (χ1v) is 8.90. The van der Waals surface area contributed by atoms with Crippen LogP contribution in [0.3, 0.4) is 0 Å². The topological polar surface area (TPSA) is 66.0 Å². The largest absolute Gasteiger partial charge is 0.476 e. The molecule has 0 aliphatic carbocycles. The van der Waals surface area contributed by atoms with Gasteiger partial charge < -0.3 is 10.1 Å². The Morgan fingerprint density at radius 2 is 2.14 bits per heavy atom. The first-order valence-electron chi connectivity index (χ1n) is 6.98. The number of aromatic nitrogens is 2. The smallest absolute Gasteiger partial charge is 0.356 e. The molecule has 1 atom stereocenters. The molecule has 2 rings (SSSR count). The van der Waals surface area contributed by atoms with E-state index in [0.29, 0.717) is 17.9 Å². The van der Waals surface area contributed by atoms with Crippen molar-refractivity contribution >= 4 is 37.8 Å². The molecular formula is C16H18Br2N2O2. The number of carboxylic acids is 1. The number of nitrogens with one attached hydrogen (secondary N) is 1. The third kappa shape index (κ3) is 3.27. The lowest BCUT2D eigenvalue weighted by molar-refractivity contribution is 0.0690. The second-order valence-electron chi connectivity index (χ2n) is 5.43. The molecule has 0 saturated carbocycles. The molecule has 0 fully saturated rings. The predicted octanol–water partition coefficient (Wildman–Crippen LogP) is 4.65. The Hall–Kier alpha value is -1.14. The third-order valence-corrected chi connectivity index (χ3v) is 6.28. The molecule has 6 heteroatoms. The van der Waals surface area contributed by atoms with Gasteiger partial charge in [0.05, 0.1) is 4.32 Å². The maximum absolute atomic E-state index is 11.2. The maximum atomic E-state index is 11.2. The summed E-state index contributed by atoms with van der Waals surface area (Å²) in [6.07, 6.45) is 0.606. The summed E-state index contributed by atoms with van der Waals surface area (Å²) in [6, 6.07) is 6.11. The number of aryl methyl sites for hydroxylation is 2. The molecule has 22 heavy (non-hydrogen) atoms. The van der Waals surface area contributed by atoms with Crippen LogP contribution in [0.2, 0.25) is 0 Å². The number of nitrogens with zero attached hydrogens (tertiary/aromatic N) is 1. The SMILES string of the molecule is CCc1[nH]c(-c2ccc(C(C)(Br)CBr)cc2C)nc1C(=O)O. The Bertz CT molecular complexity index is 708. The van der Waals surface area contributed by atoms with Crippen molar-refractivity contribution in [2.45, 2.75) is 31.5 Å². The number of H-pyrrole nitrogens is 1. The molecule has 1 unspecified atom stereocenters. The van der Waals surface area contributed by atoms with Gasteiger partial charge in [-0.1, -0.05) is 57.0 Å². The van der Waals surface area contributed by atoms with E-state index in [9.17, 15) is 9.90 Å². The quantitative estimate of drug-likeness (QED) is 0.679. The molecular weight excluding hydrogens is 412 g/mol. The van der Waals surface area contributed by atoms with Crippen molar-refractivity contribution in [2.75, 3.05) is 5.33 Å². The number of carboxylic acid groups (broad SMARTS) is 1. The average Bonchev–Trinajstić information content (AvgIpc) is 2.91. The van der Waals surface area contributed by atoms with Gasteiger partial charge in [0.15, 0.2) is 5.69 Å². The summed E-state index contributed by atoms with van der Waals surface area (Å²) in [4.78, 5) is 18.6. The number of hydrogen-bond donors (Lipinski definition) is 2. The summed E-state index contributed by atoms with van der Waals surface area (Å²) in [5, 5.41) is 10.0. The van der Waals surface area contributed by atoms with Crippen LogP contribution < -0.4 is 0 Å². The number of carbonyl (C=O) groups is 1. The zero-order chi connectivity index (χ0) is 16.5. The van der Waals surface area contributed by atoms with Crippen molar-refractivity contribution in [1.82, 2.24) is 9.97 Å². The van der Waals surface area contributed by atoms with Crippen molar-refractivity contribution in [3.8, 4) is 11.4 Å². The number of imidazole rings is 1. The molecule has 0 radical (unpaired) electrons. The second-order valence-corrected chi connectivity index (χ2v) is 7.74. The van der Waals surface area contributed by atoms with E-state index in [1.807, 2.05) is 26.0 Å². The van der Waals surface area contributed by atoms with E-state index in [4.69, 9.17) is 0 Å². The van der Waals surface area contributed by atoms with Crippen LogP contribution in [-0.4, -0.2) is 26.4 Å². The predicted molar refractivity (Wildman–Crippen MR) is 95.2 cm³/mol. The standard InChI is InChI=1S/C16H18Br2N2O2/c1-4-12-13(15(21)22)20-14(19-12)11-6-5-10(7-9(11)2)16(3,18)8-17/h5-7H,4,8H2,1-3H3,(H,19,20)(H,21,22). The Morgan fingerprint density at radius 3 is 2.59 bits per heavy atom. The number of hydrogen-bond acceptors (Lipinski definition) is 2. The number of aromatic amines is 1. The van der Waals surface area contributed by atoms with E-state index in [2.05, 4.69) is 54.8 Å². The first kappa shape index (κ1) is 17.2. The molecule has 1 heterocycles. The van der Waals surface area contributed by atoms with Gasteiger partial charge >= 0.3 is 5.97 Å². The highest BCUT2D eigenvalue weighted by molar-refractivity contribution is 9.12. The maximum Gasteiger partial charge on any atom is 0.356 e. The third-order valence-electron chi connectivity index (χ3n) is 3.67. The molecule has 0 amide bonds. The molecule has 118 valence electrons. The summed E-state index contributed by atoms with van der Waals surface area (Å²) in [5.74, 6) is -0.394. The fraction of sp³-hybridized carbons (Fsp3) is 0.375. The van der Waals surface area contributed by atoms with Crippen molar-refractivity contribution in [3.05, 3.63) is 40.7 Å². The lowest BCUT2D eigenvalue weighted by Gasteiger charge is -2.21. The Labute approximate surface area is 146 Å². The van der Waals surface area contributed by atoms with Crippen LogP contribution in [0, 0.1) is 6.92 Å². The van der Waals surface area contributed by atoms with E-state index in [-0.39, 0.29) is 10.0 Å². The number of halogens is 2. The van der Waals surface area contributed by atoms with Gasteiger partial charge in [-0.3, -0.25) is 0 Å². The normalized spacial score (nSPS) is 13.9. The lowest BCUT2D eigenvalue weighted by atomic mass is 9.97. The van der Waals surface area contributed by atoms with Crippen molar-refractivity contribution in [3.63, 3.8) is 0 Å². The van der Waals surface area contributed by atoms with Gasteiger partial charge in [-0.15, -0.1) is 0 Å². The highest BCUT2D eigenvalue weighted by Crippen LogP contribution is 2.35. The van der Waals surface area contributed by atoms with Crippen molar-refractivity contribution in [2.24, 2.45) is 0 Å². The van der Waals surface area contributed by atoms with Crippen LogP contribution >= 0.6 is 31.9 Å². The number of alkyl halides is 2. The van der Waals surface area contributed by atoms with Crippen LogP contribution in [0.25, 0.3) is 11.4 Å². The van der Waals surface area contributed by atoms with Gasteiger partial charge in [0.25, 0.3) is 0 Å². The lowest BCUT2D eigenvalue weighted by Crippen LogP contribution is -2.14. The van der Waals surface area contributed by atoms with E-state index >= 15 is 0 Å². The molecule has 0 saturated heterocycles. The van der Waals surface area contributed by atoms with Crippen molar-refractivity contribution < 1.29 is 9.90 Å². The van der Waals surface area contributed by atoms with Crippen LogP contribution in [-0.2, 0) is 10.7 Å². The summed E-state index contributed by atoms with van der Waals surface area (Å²) in [5.41, 5.74) is 3.89. The summed E-state index contributed by atoms with van der Waals surface area (Å²) >= 11 is 7.21. The molecule has 2 N–H and O–H groups in total. The number of benzene rings is 1. The monoisotopic (exact) mass is 428 g/mol. The zero-order valence-corrected chi connectivity index (χ0v) is 15.9. The molecule has 0 aliphatic rings. The number of aromatic carboxylic acids is 1. The van der Waals surface area contributed by atoms with Gasteiger partial charge in [0.2, 0.25) is 0 Å². The molecule has 1 aromatic carbocycles. The van der Waals surface area contributed by atoms with Crippen LogP contribution in [0.4, 0.5) is 0 Å². The van der Waals surface area contributed by atoms with Crippen LogP contribution in [0.5, 0.6) is 0 Å². The van der Waals surface area contributed by atoms with Gasteiger partial charge in [-0.05, 0) is 31.4 Å². The van der Waals surface area contributed by atoms with Gasteiger partial charge in [-0.25, -0.2) is 9.78 Å². The minimum atomic E-state index is -0.999. The molecule has 4 nitrogen and oxygen atoms in total. The molecule has 2 aromatic rings. The van der Waals surface area contributed by atoms with Crippen molar-refractivity contribution in [1.29, 1.82) is 0 Å². The fourth-order valence-electron chi connectivity index (χ4n) is 2.30. The van der Waals surface area contributed by atoms with Crippen LogP contribution in [0.15, 0.2) is 18.2 Å². The van der Waals surface area contributed by atoms with Crippen LogP contribution in [0.1, 0.15) is 41.2 Å². The Balaban J connectivity index is 2.48. The summed E-state index contributed by atoms with van der Waals surface area (Å²) < 4.78 is -0.139.